The van der Waals surface area contributed by atoms with Crippen molar-refractivity contribution in [2.24, 2.45) is 0 Å². The van der Waals surface area contributed by atoms with E-state index >= 15 is 0 Å². The number of carbonyl (C=O) groups is 1. The molecule has 0 bridgehead atoms. The molecule has 2 saturated heterocycles. The lowest BCUT2D eigenvalue weighted by Crippen LogP contribution is -2.47. The second-order valence-electron chi connectivity index (χ2n) is 9.13. The van der Waals surface area contributed by atoms with Gasteiger partial charge in [0.25, 0.3) is 11.5 Å². The fourth-order valence-corrected chi connectivity index (χ4v) is 5.81. The fraction of sp³-hybridized carbons (Fsp3) is 0.333. The number of benzene rings is 1. The average Bonchev–Trinajstić information content (AvgIpc) is 3.18. The van der Waals surface area contributed by atoms with E-state index in [1.807, 2.05) is 43.3 Å². The van der Waals surface area contributed by atoms with Crippen molar-refractivity contribution in [1.29, 1.82) is 0 Å². The number of carbonyl (C=O) groups excluding carboxylic acids is 1. The molecule has 5 rings (SSSR count). The van der Waals surface area contributed by atoms with E-state index in [1.54, 1.807) is 28.7 Å². The van der Waals surface area contributed by atoms with E-state index in [1.165, 1.54) is 11.8 Å². The smallest absolute Gasteiger partial charge is 0.267 e. The summed E-state index contributed by atoms with van der Waals surface area (Å²) in [5, 5.41) is 0. The van der Waals surface area contributed by atoms with Crippen molar-refractivity contribution in [3.05, 3.63) is 74.5 Å². The molecule has 2 fully saturated rings. The van der Waals surface area contributed by atoms with Gasteiger partial charge in [0.1, 0.15) is 21.5 Å². The molecule has 0 unspecified atom stereocenters. The van der Waals surface area contributed by atoms with Crippen LogP contribution in [0.1, 0.15) is 23.6 Å². The molecule has 37 heavy (non-hydrogen) atoms. The SMILES string of the molecule is CCN1CCN(c2nc3ccc(C)cn3c(=O)c2/C=C2/SC(=S)N(Cc3ccc(OC)cc3)C2=O)CC1. The molecule has 2 aromatic heterocycles. The first-order valence-electron chi connectivity index (χ1n) is 12.3. The first-order valence-corrected chi connectivity index (χ1v) is 13.5. The van der Waals surface area contributed by atoms with Crippen LogP contribution in [-0.4, -0.2) is 69.2 Å². The van der Waals surface area contributed by atoms with E-state index in [2.05, 4.69) is 16.7 Å². The molecule has 3 aromatic rings. The average molecular weight is 536 g/mol. The zero-order valence-electron chi connectivity index (χ0n) is 21.1. The summed E-state index contributed by atoms with van der Waals surface area (Å²) in [6, 6.07) is 11.4. The van der Waals surface area contributed by atoms with Gasteiger partial charge in [-0.2, -0.15) is 0 Å². The van der Waals surface area contributed by atoms with Gasteiger partial charge in [0.2, 0.25) is 0 Å². The number of aryl methyl sites for hydroxylation is 1. The Labute approximate surface area is 225 Å². The number of hydrogen-bond donors (Lipinski definition) is 0. The summed E-state index contributed by atoms with van der Waals surface area (Å²) in [5.74, 6) is 1.16. The summed E-state index contributed by atoms with van der Waals surface area (Å²) >= 11 is 6.78. The maximum Gasteiger partial charge on any atom is 0.267 e. The zero-order chi connectivity index (χ0) is 26.1. The normalized spacial score (nSPS) is 17.9. The molecule has 192 valence electrons. The number of amides is 1. The summed E-state index contributed by atoms with van der Waals surface area (Å²) in [4.78, 5) is 38.6. The number of likely N-dealkylation sites (N-methyl/N-ethyl adjacent to an activating group) is 1. The molecule has 2 aliphatic heterocycles. The van der Waals surface area contributed by atoms with Crippen molar-refractivity contribution in [1.82, 2.24) is 19.2 Å². The van der Waals surface area contributed by atoms with Crippen LogP contribution in [0.15, 0.2) is 52.3 Å². The molecule has 0 saturated carbocycles. The van der Waals surface area contributed by atoms with Gasteiger partial charge < -0.3 is 14.5 Å². The van der Waals surface area contributed by atoms with Crippen molar-refractivity contribution >= 4 is 51.7 Å². The van der Waals surface area contributed by atoms with Crippen LogP contribution < -0.4 is 15.2 Å². The summed E-state index contributed by atoms with van der Waals surface area (Å²) < 4.78 is 7.25. The van der Waals surface area contributed by atoms with Gasteiger partial charge >= 0.3 is 0 Å². The van der Waals surface area contributed by atoms with Crippen LogP contribution in [0.3, 0.4) is 0 Å². The number of thioether (sulfide) groups is 1. The number of methoxy groups -OCH3 is 1. The van der Waals surface area contributed by atoms with E-state index in [0.717, 1.165) is 49.6 Å². The maximum atomic E-state index is 13.7. The molecule has 0 aliphatic carbocycles. The maximum absolute atomic E-state index is 13.7. The molecule has 1 aromatic carbocycles. The summed E-state index contributed by atoms with van der Waals surface area (Å²) in [6.07, 6.45) is 3.47. The highest BCUT2D eigenvalue weighted by atomic mass is 32.2. The molecule has 0 atom stereocenters. The summed E-state index contributed by atoms with van der Waals surface area (Å²) in [5.41, 5.74) is 2.71. The molecule has 1 amide bonds. The molecule has 0 spiro atoms. The van der Waals surface area contributed by atoms with Crippen LogP contribution in [0.4, 0.5) is 5.82 Å². The molecular weight excluding hydrogens is 506 g/mol. The van der Waals surface area contributed by atoms with Gasteiger partial charge in [-0.05, 0) is 48.9 Å². The molecule has 10 heteroatoms. The number of hydrogen-bond acceptors (Lipinski definition) is 8. The summed E-state index contributed by atoms with van der Waals surface area (Å²) in [6.45, 7) is 8.76. The number of pyridine rings is 1. The second kappa shape index (κ2) is 10.6. The van der Waals surface area contributed by atoms with Crippen molar-refractivity contribution in [2.75, 3.05) is 44.7 Å². The topological polar surface area (TPSA) is 70.4 Å². The Hall–Kier alpha value is -3.21. The molecular formula is C27H29N5O3S2. The minimum atomic E-state index is -0.207. The molecule has 0 N–H and O–H groups in total. The van der Waals surface area contributed by atoms with Crippen molar-refractivity contribution in [2.45, 2.75) is 20.4 Å². The number of fused-ring (bicyclic) bond motifs is 1. The third kappa shape index (κ3) is 5.14. The predicted molar refractivity (Wildman–Crippen MR) is 152 cm³/mol. The van der Waals surface area contributed by atoms with Gasteiger partial charge in [-0.25, -0.2) is 4.98 Å². The highest BCUT2D eigenvalue weighted by molar-refractivity contribution is 8.26. The molecule has 0 radical (unpaired) electrons. The van der Waals surface area contributed by atoms with Crippen LogP contribution in [0.25, 0.3) is 11.7 Å². The Morgan fingerprint density at radius 3 is 2.49 bits per heavy atom. The highest BCUT2D eigenvalue weighted by Gasteiger charge is 2.33. The van der Waals surface area contributed by atoms with Crippen molar-refractivity contribution < 1.29 is 9.53 Å². The first-order chi connectivity index (χ1) is 17.9. The standard InChI is InChI=1S/C27H29N5O3S2/c1-4-29-11-13-30(14-12-29)24-21(25(33)31-16-18(2)5-10-23(31)28-24)15-22-26(34)32(27(36)37-22)17-19-6-8-20(35-3)9-7-19/h5-10,15-16H,4,11-14,17H2,1-3H3/b22-15+. The Balaban J connectivity index is 1.52. The minimum Gasteiger partial charge on any atom is -0.497 e. The number of rotatable bonds is 6. The van der Waals surface area contributed by atoms with Crippen LogP contribution >= 0.6 is 24.0 Å². The second-order valence-corrected chi connectivity index (χ2v) is 10.8. The largest absolute Gasteiger partial charge is 0.497 e. The van der Waals surface area contributed by atoms with Crippen LogP contribution in [0.5, 0.6) is 5.75 Å². The lowest BCUT2D eigenvalue weighted by Gasteiger charge is -2.35. The fourth-order valence-electron chi connectivity index (χ4n) is 4.57. The number of anilines is 1. The predicted octanol–water partition coefficient (Wildman–Crippen LogP) is 3.55. The van der Waals surface area contributed by atoms with E-state index in [4.69, 9.17) is 21.9 Å². The van der Waals surface area contributed by atoms with Gasteiger partial charge in [-0.15, -0.1) is 0 Å². The quantitative estimate of drug-likeness (QED) is 0.351. The number of ether oxygens (including phenoxy) is 1. The third-order valence-electron chi connectivity index (χ3n) is 6.75. The van der Waals surface area contributed by atoms with E-state index in [9.17, 15) is 9.59 Å². The molecule has 2 aliphatic rings. The molecule has 4 heterocycles. The molecule has 8 nitrogen and oxygen atoms in total. The van der Waals surface area contributed by atoms with E-state index in [-0.39, 0.29) is 11.5 Å². The Morgan fingerprint density at radius 1 is 1.08 bits per heavy atom. The van der Waals surface area contributed by atoms with Crippen LogP contribution in [0, 0.1) is 6.92 Å². The van der Waals surface area contributed by atoms with Gasteiger partial charge in [0, 0.05) is 32.4 Å². The number of aromatic nitrogens is 2. The highest BCUT2D eigenvalue weighted by Crippen LogP contribution is 2.34. The van der Waals surface area contributed by atoms with Crippen molar-refractivity contribution in [3.63, 3.8) is 0 Å². The Bertz CT molecular complexity index is 1440. The van der Waals surface area contributed by atoms with Crippen LogP contribution in [0.2, 0.25) is 0 Å². The van der Waals surface area contributed by atoms with Crippen LogP contribution in [-0.2, 0) is 11.3 Å². The number of nitrogens with zero attached hydrogens (tertiary/aromatic N) is 5. The van der Waals surface area contributed by atoms with Gasteiger partial charge in [-0.3, -0.25) is 18.9 Å². The third-order valence-corrected chi connectivity index (χ3v) is 8.13. The van der Waals surface area contributed by atoms with Gasteiger partial charge in [0.15, 0.2) is 0 Å². The number of piperazine rings is 1. The Kier molecular flexibility index (Phi) is 7.32. The van der Waals surface area contributed by atoms with E-state index in [0.29, 0.717) is 32.8 Å². The van der Waals surface area contributed by atoms with Gasteiger partial charge in [0.05, 0.1) is 24.1 Å². The number of thiocarbonyl (C=S) groups is 1. The summed E-state index contributed by atoms with van der Waals surface area (Å²) in [7, 11) is 1.62. The Morgan fingerprint density at radius 2 is 1.81 bits per heavy atom. The van der Waals surface area contributed by atoms with Crippen molar-refractivity contribution in [3.8, 4) is 5.75 Å². The van der Waals surface area contributed by atoms with E-state index < -0.39 is 0 Å². The zero-order valence-corrected chi connectivity index (χ0v) is 22.8. The first kappa shape index (κ1) is 25.4. The lowest BCUT2D eigenvalue weighted by molar-refractivity contribution is -0.122. The lowest BCUT2D eigenvalue weighted by atomic mass is 10.2. The van der Waals surface area contributed by atoms with Gasteiger partial charge in [-0.1, -0.05) is 49.1 Å². The monoisotopic (exact) mass is 535 g/mol. The minimum absolute atomic E-state index is 0.193.